The Bertz CT molecular complexity index is 283. The Hall–Kier alpha value is -0.450. The standard InChI is InChI=1S/C13H22N2O2/c16-13-3-8-17-10-11(13)9-14-4-6-15(7-5-14)12-1-2-12/h11-12H,1-10H2. The Morgan fingerprint density at radius 2 is 1.94 bits per heavy atom. The average Bonchev–Trinajstić information content (AvgIpc) is 3.17. The van der Waals surface area contributed by atoms with Crippen molar-refractivity contribution in [3.05, 3.63) is 0 Å². The smallest absolute Gasteiger partial charge is 0.141 e. The third-order valence-corrected chi connectivity index (χ3v) is 4.22. The Balaban J connectivity index is 1.44. The predicted molar refractivity (Wildman–Crippen MR) is 65.0 cm³/mol. The number of carbonyl (C=O) groups is 1. The minimum absolute atomic E-state index is 0.135. The molecule has 1 unspecified atom stereocenters. The summed E-state index contributed by atoms with van der Waals surface area (Å²) in [6, 6.07) is 0.886. The van der Waals surface area contributed by atoms with Gasteiger partial charge in [0.1, 0.15) is 5.78 Å². The van der Waals surface area contributed by atoms with Crippen LogP contribution in [0.15, 0.2) is 0 Å². The predicted octanol–water partition coefficient (Wildman–Crippen LogP) is 0.372. The fourth-order valence-electron chi connectivity index (χ4n) is 2.91. The molecular formula is C13H22N2O2. The van der Waals surface area contributed by atoms with Gasteiger partial charge in [-0.2, -0.15) is 0 Å². The molecule has 17 heavy (non-hydrogen) atoms. The lowest BCUT2D eigenvalue weighted by molar-refractivity contribution is -0.131. The van der Waals surface area contributed by atoms with Gasteiger partial charge in [0.25, 0.3) is 0 Å². The van der Waals surface area contributed by atoms with Gasteiger partial charge in [-0.15, -0.1) is 0 Å². The molecule has 0 aromatic heterocycles. The number of ether oxygens (including phenoxy) is 1. The van der Waals surface area contributed by atoms with Crippen LogP contribution in [0.2, 0.25) is 0 Å². The molecule has 3 aliphatic rings. The van der Waals surface area contributed by atoms with Crippen molar-refractivity contribution in [3.63, 3.8) is 0 Å². The summed E-state index contributed by atoms with van der Waals surface area (Å²) in [5.41, 5.74) is 0. The maximum absolute atomic E-state index is 11.7. The van der Waals surface area contributed by atoms with Crippen molar-refractivity contribution in [1.82, 2.24) is 9.80 Å². The summed E-state index contributed by atoms with van der Waals surface area (Å²) in [7, 11) is 0. The van der Waals surface area contributed by atoms with E-state index in [0.717, 1.165) is 25.7 Å². The number of rotatable bonds is 3. The molecule has 1 aliphatic carbocycles. The Labute approximate surface area is 103 Å². The third kappa shape index (κ3) is 2.87. The fraction of sp³-hybridized carbons (Fsp3) is 0.923. The van der Waals surface area contributed by atoms with Crippen LogP contribution < -0.4 is 0 Å². The number of hydrogen-bond acceptors (Lipinski definition) is 4. The van der Waals surface area contributed by atoms with Crippen LogP contribution in [0.25, 0.3) is 0 Å². The van der Waals surface area contributed by atoms with Crippen LogP contribution in [-0.2, 0) is 9.53 Å². The Morgan fingerprint density at radius 3 is 2.59 bits per heavy atom. The van der Waals surface area contributed by atoms with Gasteiger partial charge in [0, 0.05) is 45.2 Å². The lowest BCUT2D eigenvalue weighted by Crippen LogP contribution is -2.50. The summed E-state index contributed by atoms with van der Waals surface area (Å²) in [5.74, 6) is 0.539. The fourth-order valence-corrected chi connectivity index (χ4v) is 2.91. The Kier molecular flexibility index (Phi) is 3.45. The summed E-state index contributed by atoms with van der Waals surface area (Å²) in [4.78, 5) is 16.8. The number of nitrogens with zero attached hydrogens (tertiary/aromatic N) is 2. The Morgan fingerprint density at radius 1 is 1.18 bits per heavy atom. The minimum Gasteiger partial charge on any atom is -0.380 e. The van der Waals surface area contributed by atoms with E-state index in [2.05, 4.69) is 9.80 Å². The zero-order valence-electron chi connectivity index (χ0n) is 10.4. The van der Waals surface area contributed by atoms with Gasteiger partial charge in [0.15, 0.2) is 0 Å². The topological polar surface area (TPSA) is 32.8 Å². The SMILES string of the molecule is O=C1CCOCC1CN1CCN(C2CC2)CC1. The lowest BCUT2D eigenvalue weighted by Gasteiger charge is -2.36. The van der Waals surface area contributed by atoms with E-state index in [-0.39, 0.29) is 5.92 Å². The van der Waals surface area contributed by atoms with Crippen LogP contribution >= 0.6 is 0 Å². The number of Topliss-reactive ketones (excluding diaryl/α,β-unsaturated/α-hetero) is 1. The molecule has 2 aliphatic heterocycles. The van der Waals surface area contributed by atoms with E-state index in [1.54, 1.807) is 0 Å². The number of carbonyl (C=O) groups excluding carboxylic acids is 1. The highest BCUT2D eigenvalue weighted by Crippen LogP contribution is 2.27. The van der Waals surface area contributed by atoms with Crippen molar-refractivity contribution >= 4 is 5.78 Å². The largest absolute Gasteiger partial charge is 0.380 e. The van der Waals surface area contributed by atoms with Gasteiger partial charge in [-0.1, -0.05) is 0 Å². The molecule has 0 N–H and O–H groups in total. The minimum atomic E-state index is 0.135. The van der Waals surface area contributed by atoms with Crippen LogP contribution in [0, 0.1) is 5.92 Å². The third-order valence-electron chi connectivity index (χ3n) is 4.22. The summed E-state index contributed by atoms with van der Waals surface area (Å²) in [6.45, 7) is 6.81. The second kappa shape index (κ2) is 5.04. The van der Waals surface area contributed by atoms with Crippen molar-refractivity contribution < 1.29 is 9.53 Å². The van der Waals surface area contributed by atoms with E-state index in [9.17, 15) is 4.79 Å². The van der Waals surface area contributed by atoms with Crippen LogP contribution in [0.5, 0.6) is 0 Å². The lowest BCUT2D eigenvalue weighted by atomic mass is 10.00. The second-order valence-electron chi connectivity index (χ2n) is 5.56. The number of hydrogen-bond donors (Lipinski definition) is 0. The van der Waals surface area contributed by atoms with Crippen molar-refractivity contribution in [1.29, 1.82) is 0 Å². The van der Waals surface area contributed by atoms with E-state index >= 15 is 0 Å². The maximum atomic E-state index is 11.7. The highest BCUT2D eigenvalue weighted by atomic mass is 16.5. The molecule has 4 heteroatoms. The van der Waals surface area contributed by atoms with Gasteiger partial charge in [0.2, 0.25) is 0 Å². The quantitative estimate of drug-likeness (QED) is 0.711. The second-order valence-corrected chi connectivity index (χ2v) is 5.56. The molecule has 0 aromatic rings. The van der Waals surface area contributed by atoms with Gasteiger partial charge in [0.05, 0.1) is 19.1 Å². The molecule has 0 aromatic carbocycles. The molecule has 96 valence electrons. The van der Waals surface area contributed by atoms with Gasteiger partial charge >= 0.3 is 0 Å². The summed E-state index contributed by atoms with van der Waals surface area (Å²) in [6.07, 6.45) is 3.41. The highest BCUT2D eigenvalue weighted by molar-refractivity contribution is 5.82. The van der Waals surface area contributed by atoms with Crippen molar-refractivity contribution in [2.75, 3.05) is 45.9 Å². The molecule has 0 spiro atoms. The van der Waals surface area contributed by atoms with Gasteiger partial charge in [-0.25, -0.2) is 0 Å². The molecule has 0 radical (unpaired) electrons. The van der Waals surface area contributed by atoms with Crippen LogP contribution in [0.1, 0.15) is 19.3 Å². The number of ketones is 1. The van der Waals surface area contributed by atoms with Crippen molar-refractivity contribution in [2.24, 2.45) is 5.92 Å². The molecule has 1 atom stereocenters. The van der Waals surface area contributed by atoms with E-state index < -0.39 is 0 Å². The molecule has 0 amide bonds. The van der Waals surface area contributed by atoms with E-state index in [4.69, 9.17) is 4.74 Å². The highest BCUT2D eigenvalue weighted by Gasteiger charge is 2.32. The van der Waals surface area contributed by atoms with Crippen LogP contribution in [-0.4, -0.2) is 67.6 Å². The summed E-state index contributed by atoms with van der Waals surface area (Å²) in [5, 5.41) is 0. The first-order valence-electron chi connectivity index (χ1n) is 6.90. The molecule has 2 heterocycles. The van der Waals surface area contributed by atoms with Gasteiger partial charge < -0.3 is 4.74 Å². The zero-order chi connectivity index (χ0) is 11.7. The molecule has 3 fully saturated rings. The molecule has 1 saturated carbocycles. The van der Waals surface area contributed by atoms with E-state index in [1.807, 2.05) is 0 Å². The molecule has 4 nitrogen and oxygen atoms in total. The van der Waals surface area contributed by atoms with Crippen molar-refractivity contribution in [3.8, 4) is 0 Å². The summed E-state index contributed by atoms with van der Waals surface area (Å²) < 4.78 is 5.41. The van der Waals surface area contributed by atoms with E-state index in [1.165, 1.54) is 25.9 Å². The monoisotopic (exact) mass is 238 g/mol. The first-order valence-corrected chi connectivity index (χ1v) is 6.90. The molecule has 2 saturated heterocycles. The molecule has 3 rings (SSSR count). The zero-order valence-corrected chi connectivity index (χ0v) is 10.4. The molecule has 0 bridgehead atoms. The van der Waals surface area contributed by atoms with Crippen LogP contribution in [0.4, 0.5) is 0 Å². The normalized spacial score (nSPS) is 32.9. The molecular weight excluding hydrogens is 216 g/mol. The maximum Gasteiger partial charge on any atom is 0.141 e. The number of piperazine rings is 1. The first-order chi connectivity index (χ1) is 8.33. The van der Waals surface area contributed by atoms with E-state index in [0.29, 0.717) is 25.4 Å². The first kappa shape index (κ1) is 11.6. The average molecular weight is 238 g/mol. The summed E-state index contributed by atoms with van der Waals surface area (Å²) >= 11 is 0. The van der Waals surface area contributed by atoms with Gasteiger partial charge in [-0.3, -0.25) is 14.6 Å². The van der Waals surface area contributed by atoms with Crippen LogP contribution in [0.3, 0.4) is 0 Å². The van der Waals surface area contributed by atoms with Gasteiger partial charge in [-0.05, 0) is 12.8 Å². The van der Waals surface area contributed by atoms with Crippen molar-refractivity contribution in [2.45, 2.75) is 25.3 Å².